The predicted octanol–water partition coefficient (Wildman–Crippen LogP) is 19.5. The summed E-state index contributed by atoms with van der Waals surface area (Å²) in [5.74, 6) is 6.06. The minimum absolute atomic E-state index is 0.323. The van der Waals surface area contributed by atoms with Gasteiger partial charge in [-0.2, -0.15) is 12.1 Å². The van der Waals surface area contributed by atoms with Gasteiger partial charge in [-0.3, -0.25) is 0 Å². The van der Waals surface area contributed by atoms with Gasteiger partial charge < -0.3 is 0 Å². The Kier molecular flexibility index (Phi) is 15.7. The molecule has 0 heterocycles. The minimum atomic E-state index is -0.826. The van der Waals surface area contributed by atoms with Crippen molar-refractivity contribution >= 4 is 48.1 Å². The second-order valence-corrected chi connectivity index (χ2v) is 30.5. The van der Waals surface area contributed by atoms with Crippen LogP contribution in [0.5, 0.6) is 0 Å². The van der Waals surface area contributed by atoms with E-state index in [0.29, 0.717) is 21.7 Å². The molecular weight excluding hydrogens is 959 g/mol. The standard InChI is InChI=1S/2C30H35.C4H10Si.2ClH.Zr/c2*1-29(2,3)16-23-14-25-5-4-6-27(28(25)15-23)24-7-9-26(10-8-24)30-17-20-11-21(18-30)13-22(12-20)19-30;1-3-4-5-2;;;/h2*4-10,14-15,20-22H,11-13,16-19H2,1-3H3;3-4H2,1-2H3;2*1H;/q2*-1;;;;+4/p-2. The average molecular weight is 1040 g/mol. The molecule has 0 aliphatic heterocycles. The van der Waals surface area contributed by atoms with Crippen molar-refractivity contribution in [3.05, 3.63) is 131 Å². The van der Waals surface area contributed by atoms with Gasteiger partial charge in [0.05, 0.1) is 0 Å². The van der Waals surface area contributed by atoms with E-state index in [1.54, 1.807) is 11.1 Å². The molecule has 14 rings (SSSR count). The van der Waals surface area contributed by atoms with E-state index in [0.717, 1.165) is 57.9 Å². The van der Waals surface area contributed by atoms with Crippen molar-refractivity contribution in [3.8, 4) is 22.3 Å². The van der Waals surface area contributed by atoms with E-state index >= 15 is 0 Å². The maximum absolute atomic E-state index is 4.93. The van der Waals surface area contributed by atoms with Crippen LogP contribution < -0.4 is 0 Å². The summed E-state index contributed by atoms with van der Waals surface area (Å²) in [4.78, 5) is 0. The van der Waals surface area contributed by atoms with E-state index in [1.807, 2.05) is 0 Å². The average Bonchev–Trinajstić information content (AvgIpc) is 3.88. The summed E-state index contributed by atoms with van der Waals surface area (Å²) in [6.45, 7) is 18.4. The van der Waals surface area contributed by atoms with E-state index in [-0.39, 0.29) is 0 Å². The third-order valence-corrected chi connectivity index (χ3v) is 18.3. The fourth-order valence-electron chi connectivity index (χ4n) is 15.7. The van der Waals surface area contributed by atoms with Gasteiger partial charge in [-0.05, 0) is 169 Å². The maximum atomic E-state index is 4.93. The van der Waals surface area contributed by atoms with Crippen molar-refractivity contribution in [2.45, 2.75) is 168 Å². The summed E-state index contributed by atoms with van der Waals surface area (Å²) < 4.78 is 0. The number of rotatable bonds is 8. The zero-order chi connectivity index (χ0) is 47.8. The molecule has 8 fully saturated rings. The van der Waals surface area contributed by atoms with E-state index in [9.17, 15) is 0 Å². The zero-order valence-corrected chi connectivity index (χ0v) is 47.9. The van der Waals surface area contributed by atoms with Crippen LogP contribution in [0.2, 0.25) is 12.6 Å². The van der Waals surface area contributed by atoms with Crippen LogP contribution in [0.1, 0.15) is 154 Å². The van der Waals surface area contributed by atoms with Gasteiger partial charge in [0.15, 0.2) is 0 Å². The first-order chi connectivity index (χ1) is 32.6. The van der Waals surface area contributed by atoms with Crippen molar-refractivity contribution in [2.75, 3.05) is 0 Å². The summed E-state index contributed by atoms with van der Waals surface area (Å²) in [5.41, 5.74) is 13.4. The van der Waals surface area contributed by atoms with E-state index < -0.39 is 20.8 Å². The Labute approximate surface area is 433 Å². The molecule has 6 aromatic rings. The molecular formula is C64H80Cl2SiZr. The number of benzene rings is 4. The van der Waals surface area contributed by atoms with Gasteiger partial charge in [-0.1, -0.05) is 139 Å². The van der Waals surface area contributed by atoms with Gasteiger partial charge in [0.1, 0.15) is 0 Å². The van der Waals surface area contributed by atoms with Gasteiger partial charge >= 0.3 is 37.9 Å². The van der Waals surface area contributed by atoms with Crippen LogP contribution in [-0.4, -0.2) is 9.52 Å². The molecule has 4 heteroatoms. The van der Waals surface area contributed by atoms with Crippen molar-refractivity contribution in [3.63, 3.8) is 0 Å². The molecule has 8 aliphatic rings. The number of halogens is 2. The summed E-state index contributed by atoms with van der Waals surface area (Å²) in [7, 11) is 11.0. The molecule has 8 aliphatic carbocycles. The Morgan fingerprint density at radius 1 is 0.529 bits per heavy atom. The zero-order valence-electron chi connectivity index (χ0n) is 42.9. The van der Waals surface area contributed by atoms with Gasteiger partial charge in [0, 0.05) is 9.52 Å². The number of hydrogen-bond donors (Lipinski definition) is 0. The van der Waals surface area contributed by atoms with Gasteiger partial charge in [0.25, 0.3) is 0 Å². The van der Waals surface area contributed by atoms with Gasteiger partial charge in [0.2, 0.25) is 0 Å². The van der Waals surface area contributed by atoms with Gasteiger partial charge in [-0.15, -0.1) is 69.1 Å². The first-order valence-electron chi connectivity index (χ1n) is 26.8. The van der Waals surface area contributed by atoms with Crippen molar-refractivity contribution in [2.24, 2.45) is 46.3 Å². The summed E-state index contributed by atoms with van der Waals surface area (Å²) in [6.07, 6.45) is 21.5. The molecule has 0 nitrogen and oxygen atoms in total. The molecule has 8 bridgehead atoms. The van der Waals surface area contributed by atoms with Crippen LogP contribution in [0.3, 0.4) is 0 Å². The molecule has 2 radical (unpaired) electrons. The predicted molar refractivity (Wildman–Crippen MR) is 294 cm³/mol. The first-order valence-corrected chi connectivity index (χ1v) is 34.8. The Hall–Kier alpha value is -2.22. The molecule has 0 atom stereocenters. The second-order valence-electron chi connectivity index (χ2n) is 25.5. The third-order valence-electron chi connectivity index (χ3n) is 17.3. The monoisotopic (exact) mass is 1040 g/mol. The molecule has 0 spiro atoms. The van der Waals surface area contributed by atoms with E-state index in [1.165, 1.54) is 144 Å². The molecule has 8 saturated carbocycles. The van der Waals surface area contributed by atoms with E-state index in [4.69, 9.17) is 17.0 Å². The van der Waals surface area contributed by atoms with E-state index in [2.05, 4.69) is 164 Å². The second kappa shape index (κ2) is 21.1. The molecule has 358 valence electrons. The molecule has 0 unspecified atom stereocenters. The number of fused-ring (bicyclic) bond motifs is 2. The van der Waals surface area contributed by atoms with Crippen LogP contribution in [0.25, 0.3) is 43.8 Å². The molecule has 0 saturated heterocycles. The molecule has 0 aromatic heterocycles. The molecule has 0 amide bonds. The Bertz CT molecular complexity index is 2340. The van der Waals surface area contributed by atoms with Crippen LogP contribution in [0, 0.1) is 46.3 Å². The molecule has 68 heavy (non-hydrogen) atoms. The molecule has 6 aromatic carbocycles. The van der Waals surface area contributed by atoms with Crippen LogP contribution in [0.4, 0.5) is 0 Å². The van der Waals surface area contributed by atoms with Crippen LogP contribution >= 0.6 is 17.0 Å². The summed E-state index contributed by atoms with van der Waals surface area (Å²) in [5, 5.41) is 5.60. The summed E-state index contributed by atoms with van der Waals surface area (Å²) >= 11 is -0.826. The van der Waals surface area contributed by atoms with Gasteiger partial charge in [-0.25, -0.2) is 0 Å². The first kappa shape index (κ1) is 50.7. The normalized spacial score (nSPS) is 27.5. The van der Waals surface area contributed by atoms with Crippen LogP contribution in [0.15, 0.2) is 109 Å². The van der Waals surface area contributed by atoms with Crippen molar-refractivity contribution in [1.82, 2.24) is 0 Å². The third kappa shape index (κ3) is 11.5. The Balaban J connectivity index is 0.000000147. The topological polar surface area (TPSA) is 0 Å². The molecule has 0 N–H and O–H groups in total. The fourth-order valence-corrected chi connectivity index (χ4v) is 16.2. The van der Waals surface area contributed by atoms with Crippen molar-refractivity contribution in [1.29, 1.82) is 0 Å². The van der Waals surface area contributed by atoms with Crippen LogP contribution in [-0.2, 0) is 44.5 Å². The Morgan fingerprint density at radius 2 is 0.853 bits per heavy atom. The van der Waals surface area contributed by atoms with Crippen molar-refractivity contribution < 1.29 is 20.8 Å². The summed E-state index contributed by atoms with van der Waals surface area (Å²) in [6, 6.07) is 44.3. The quantitative estimate of drug-likeness (QED) is 0.105. The Morgan fingerprint density at radius 3 is 1.12 bits per heavy atom. The fraction of sp³-hybridized carbons (Fsp3) is 0.531. The SMILES string of the molecule is CC(C)(C)Cc1cc2c(-c3ccc(C45CC6CC(CC(C6)C4)C5)cc3)cccc2[cH-]1.CC(C)(C)Cc1cc2c(-c3ccc(C45CC6CC(CC(C6)C4)C5)cc3)cccc2[cH-]1.CCC[Si]C.[Cl][Zr+2][Cl]. The number of hydrogen-bond acceptors (Lipinski definition) is 0.